The lowest BCUT2D eigenvalue weighted by Crippen LogP contribution is -2.18. The third-order valence-corrected chi connectivity index (χ3v) is 10.8. The molecule has 288 valence electrons. The Hall–Kier alpha value is -1.52. The predicted molar refractivity (Wildman–Crippen MR) is 227 cm³/mol. The van der Waals surface area contributed by atoms with Crippen molar-refractivity contribution in [2.75, 3.05) is 13.6 Å². The summed E-state index contributed by atoms with van der Waals surface area (Å²) in [6.45, 7) is 10.9. The molecule has 0 bridgehead atoms. The summed E-state index contributed by atoms with van der Waals surface area (Å²) in [5.74, 6) is 7.24. The summed E-state index contributed by atoms with van der Waals surface area (Å²) in [5.41, 5.74) is 4.61. The van der Waals surface area contributed by atoms with Crippen molar-refractivity contribution >= 4 is 0 Å². The van der Waals surface area contributed by atoms with E-state index in [1.54, 1.807) is 11.1 Å². The van der Waals surface area contributed by atoms with Crippen LogP contribution in [0.1, 0.15) is 231 Å². The smallest absolute Gasteiger partial charge is 0.0601 e. The maximum absolute atomic E-state index is 3.24. The highest BCUT2D eigenvalue weighted by molar-refractivity contribution is 5.30. The Morgan fingerprint density at radius 2 is 0.900 bits per heavy atom. The van der Waals surface area contributed by atoms with Crippen LogP contribution in [-0.4, -0.2) is 18.5 Å². The number of rotatable bonds is 36. The van der Waals surface area contributed by atoms with E-state index in [1.165, 1.54) is 205 Å². The van der Waals surface area contributed by atoms with Crippen molar-refractivity contribution in [1.82, 2.24) is 4.90 Å². The summed E-state index contributed by atoms with van der Waals surface area (Å²) < 4.78 is 0. The number of benzene rings is 1. The van der Waals surface area contributed by atoms with Gasteiger partial charge in [-0.25, -0.2) is 0 Å². The molecule has 0 spiro atoms. The van der Waals surface area contributed by atoms with Crippen LogP contribution in [0.4, 0.5) is 0 Å². The molecular weight excluding hydrogens is 603 g/mol. The fourth-order valence-electron chi connectivity index (χ4n) is 7.50. The van der Waals surface area contributed by atoms with Gasteiger partial charge in [0, 0.05) is 6.54 Å². The van der Waals surface area contributed by atoms with E-state index in [2.05, 4.69) is 74.9 Å². The molecule has 1 aromatic carbocycles. The fourth-order valence-corrected chi connectivity index (χ4v) is 7.50. The number of hydrogen-bond donors (Lipinski definition) is 0. The molecule has 0 aliphatic heterocycles. The molecule has 0 aliphatic carbocycles. The Labute approximate surface area is 315 Å². The SMILES string of the molecule is CC#CCN(C)Cc1cc(CCCCCCCC/C=C/CCCCCCCC)cc(CCCCCCCCCC(C)CCCCCCCC)c1. The summed E-state index contributed by atoms with van der Waals surface area (Å²) >= 11 is 0. The van der Waals surface area contributed by atoms with Crippen molar-refractivity contribution < 1.29 is 0 Å². The van der Waals surface area contributed by atoms with E-state index < -0.39 is 0 Å². The van der Waals surface area contributed by atoms with E-state index in [-0.39, 0.29) is 0 Å². The van der Waals surface area contributed by atoms with Gasteiger partial charge >= 0.3 is 0 Å². The molecular formula is C49H87N. The molecule has 0 amide bonds. The largest absolute Gasteiger partial charge is 0.291 e. The molecule has 0 N–H and O–H groups in total. The zero-order chi connectivity index (χ0) is 36.2. The number of unbranched alkanes of at least 4 members (excludes halogenated alkanes) is 23. The van der Waals surface area contributed by atoms with Crippen LogP contribution in [0.25, 0.3) is 0 Å². The third kappa shape index (κ3) is 30.1. The third-order valence-electron chi connectivity index (χ3n) is 10.8. The lowest BCUT2D eigenvalue weighted by atomic mass is 9.95. The normalized spacial score (nSPS) is 12.2. The molecule has 0 radical (unpaired) electrons. The molecule has 0 fully saturated rings. The fraction of sp³-hybridized carbons (Fsp3) is 0.796. The number of nitrogens with zero attached hydrogens (tertiary/aromatic N) is 1. The molecule has 1 nitrogen and oxygen atoms in total. The van der Waals surface area contributed by atoms with Crippen molar-refractivity contribution in [2.24, 2.45) is 5.92 Å². The lowest BCUT2D eigenvalue weighted by Gasteiger charge is -2.16. The van der Waals surface area contributed by atoms with E-state index >= 15 is 0 Å². The van der Waals surface area contributed by atoms with E-state index in [0.29, 0.717) is 0 Å². The van der Waals surface area contributed by atoms with Gasteiger partial charge in [-0.2, -0.15) is 0 Å². The second-order valence-corrected chi connectivity index (χ2v) is 16.1. The van der Waals surface area contributed by atoms with Gasteiger partial charge in [0.2, 0.25) is 0 Å². The lowest BCUT2D eigenvalue weighted by molar-refractivity contribution is 0.368. The highest BCUT2D eigenvalue weighted by Crippen LogP contribution is 2.21. The van der Waals surface area contributed by atoms with E-state index in [0.717, 1.165) is 19.0 Å². The quantitative estimate of drug-likeness (QED) is 0.0385. The minimum absolute atomic E-state index is 0.850. The first-order chi connectivity index (χ1) is 24.6. The van der Waals surface area contributed by atoms with Gasteiger partial charge in [-0.3, -0.25) is 4.90 Å². The summed E-state index contributed by atoms with van der Waals surface area (Å²) in [7, 11) is 2.21. The summed E-state index contributed by atoms with van der Waals surface area (Å²) in [5, 5.41) is 0. The van der Waals surface area contributed by atoms with Crippen LogP contribution in [0, 0.1) is 17.8 Å². The Kier molecular flexibility index (Phi) is 33.4. The zero-order valence-electron chi connectivity index (χ0n) is 34.7. The average molecular weight is 690 g/mol. The number of allylic oxidation sites excluding steroid dienone is 2. The van der Waals surface area contributed by atoms with E-state index in [1.807, 2.05) is 6.92 Å². The first-order valence-corrected chi connectivity index (χ1v) is 22.4. The van der Waals surface area contributed by atoms with Crippen molar-refractivity contribution in [3.63, 3.8) is 0 Å². The van der Waals surface area contributed by atoms with E-state index in [9.17, 15) is 0 Å². The second kappa shape index (κ2) is 35.9. The van der Waals surface area contributed by atoms with Gasteiger partial charge in [-0.05, 0) is 87.9 Å². The van der Waals surface area contributed by atoms with Crippen molar-refractivity contribution in [3.05, 3.63) is 47.0 Å². The van der Waals surface area contributed by atoms with Crippen LogP contribution in [0.5, 0.6) is 0 Å². The van der Waals surface area contributed by atoms with E-state index in [4.69, 9.17) is 0 Å². The maximum atomic E-state index is 3.24. The van der Waals surface area contributed by atoms with Gasteiger partial charge in [0.05, 0.1) is 6.54 Å². The van der Waals surface area contributed by atoms with Crippen molar-refractivity contribution in [3.8, 4) is 11.8 Å². The van der Waals surface area contributed by atoms with Gasteiger partial charge in [-0.15, -0.1) is 5.92 Å². The van der Waals surface area contributed by atoms with Crippen LogP contribution < -0.4 is 0 Å². The second-order valence-electron chi connectivity index (χ2n) is 16.1. The first-order valence-electron chi connectivity index (χ1n) is 22.4. The molecule has 0 saturated heterocycles. The summed E-state index contributed by atoms with van der Waals surface area (Å²) in [4.78, 5) is 2.36. The Balaban J connectivity index is 2.26. The average Bonchev–Trinajstić information content (AvgIpc) is 3.11. The van der Waals surface area contributed by atoms with Crippen LogP contribution in [0.15, 0.2) is 30.4 Å². The molecule has 1 aromatic rings. The maximum Gasteiger partial charge on any atom is 0.0601 e. The van der Waals surface area contributed by atoms with Crippen molar-refractivity contribution in [2.45, 2.75) is 233 Å². The van der Waals surface area contributed by atoms with Gasteiger partial charge in [0.1, 0.15) is 0 Å². The summed E-state index contributed by atoms with van der Waals surface area (Å²) in [6, 6.07) is 7.53. The zero-order valence-corrected chi connectivity index (χ0v) is 34.7. The monoisotopic (exact) mass is 690 g/mol. The van der Waals surface area contributed by atoms with Crippen LogP contribution >= 0.6 is 0 Å². The topological polar surface area (TPSA) is 3.24 Å². The highest BCUT2D eigenvalue weighted by Gasteiger charge is 2.06. The molecule has 0 heterocycles. The minimum atomic E-state index is 0.850. The Morgan fingerprint density at radius 3 is 1.34 bits per heavy atom. The first kappa shape index (κ1) is 46.5. The summed E-state index contributed by atoms with van der Waals surface area (Å²) in [6.07, 6.45) is 48.0. The number of hydrogen-bond acceptors (Lipinski definition) is 1. The molecule has 0 aliphatic rings. The Morgan fingerprint density at radius 1 is 0.520 bits per heavy atom. The van der Waals surface area contributed by atoms with Gasteiger partial charge in [0.25, 0.3) is 0 Å². The van der Waals surface area contributed by atoms with Gasteiger partial charge < -0.3 is 0 Å². The van der Waals surface area contributed by atoms with Crippen LogP contribution in [0.2, 0.25) is 0 Å². The van der Waals surface area contributed by atoms with Crippen molar-refractivity contribution in [1.29, 1.82) is 0 Å². The standard InChI is InChI=1S/C49H87N/c1-6-9-12-14-16-17-18-19-20-21-22-23-24-27-31-35-39-47-42-48(44-49(43-47)45-50(5)41-11-8-3)40-36-32-28-25-26-30-34-38-46(4)37-33-29-15-13-10-7-2/h19-20,42-44,46H,6-7,9-10,12-18,21-41,45H2,1-5H3/b20-19+. The number of aryl methyl sites for hydroxylation is 2. The molecule has 0 aromatic heterocycles. The van der Waals surface area contributed by atoms with Gasteiger partial charge in [0.15, 0.2) is 0 Å². The van der Waals surface area contributed by atoms with Crippen LogP contribution in [0.3, 0.4) is 0 Å². The molecule has 0 saturated carbocycles. The highest BCUT2D eigenvalue weighted by atomic mass is 15.1. The molecule has 1 rings (SSSR count). The van der Waals surface area contributed by atoms with Crippen LogP contribution in [-0.2, 0) is 19.4 Å². The predicted octanol–water partition coefficient (Wildman–Crippen LogP) is 15.8. The van der Waals surface area contributed by atoms with Gasteiger partial charge in [-0.1, -0.05) is 205 Å². The molecule has 1 unspecified atom stereocenters. The minimum Gasteiger partial charge on any atom is -0.291 e. The molecule has 1 atom stereocenters. The molecule has 1 heteroatoms. The Bertz CT molecular complexity index is 948. The molecule has 50 heavy (non-hydrogen) atoms.